The molecule has 3 aromatic rings. The molecule has 7 nitrogen and oxygen atoms in total. The fraction of sp³-hybridized carbons (Fsp3) is 0.375. The van der Waals surface area contributed by atoms with Crippen molar-refractivity contribution < 1.29 is 27.2 Å². The molecule has 0 bridgehead atoms. The van der Waals surface area contributed by atoms with E-state index in [9.17, 15) is 18.0 Å². The number of hydrogen-bond donors (Lipinski definition) is 1. The highest BCUT2D eigenvalue weighted by atomic mass is 19.4. The molecule has 1 saturated heterocycles. The van der Waals surface area contributed by atoms with Crippen LogP contribution in [-0.4, -0.2) is 35.7 Å². The largest absolute Gasteiger partial charge is 0.494 e. The molecule has 1 aliphatic rings. The quantitative estimate of drug-likeness (QED) is 0.476. The zero-order chi connectivity index (χ0) is 24.1. The maximum Gasteiger partial charge on any atom is 0.416 e. The monoisotopic (exact) mass is 474 g/mol. The number of halogens is 3. The Kier molecular flexibility index (Phi) is 7.04. The number of ether oxygens (including phenoxy) is 1. The van der Waals surface area contributed by atoms with Gasteiger partial charge in [-0.05, 0) is 62.2 Å². The van der Waals surface area contributed by atoms with Crippen LogP contribution < -0.4 is 15.0 Å². The fourth-order valence-electron chi connectivity index (χ4n) is 3.82. The lowest BCUT2D eigenvalue weighted by Gasteiger charge is -2.23. The fourth-order valence-corrected chi connectivity index (χ4v) is 3.82. The molecular weight excluding hydrogens is 449 g/mol. The average molecular weight is 474 g/mol. The van der Waals surface area contributed by atoms with Crippen molar-refractivity contribution in [1.29, 1.82) is 0 Å². The molecule has 0 aliphatic carbocycles. The number of aromatic nitrogens is 2. The molecule has 34 heavy (non-hydrogen) atoms. The molecule has 2 heterocycles. The molecule has 10 heteroatoms. The molecule has 0 spiro atoms. The van der Waals surface area contributed by atoms with Gasteiger partial charge in [0.1, 0.15) is 5.75 Å². The first kappa shape index (κ1) is 23.6. The number of aryl methyl sites for hydroxylation is 1. The van der Waals surface area contributed by atoms with E-state index in [4.69, 9.17) is 9.26 Å². The number of nitrogens with zero attached hydrogens (tertiary/aromatic N) is 3. The summed E-state index contributed by atoms with van der Waals surface area (Å²) >= 11 is 0. The summed E-state index contributed by atoms with van der Waals surface area (Å²) in [5.41, 5.74) is 0.682. The van der Waals surface area contributed by atoms with Crippen LogP contribution in [0.5, 0.6) is 5.75 Å². The third-order valence-electron chi connectivity index (χ3n) is 5.50. The number of rotatable bonds is 8. The van der Waals surface area contributed by atoms with Crippen LogP contribution in [0.4, 0.5) is 24.5 Å². The highest BCUT2D eigenvalue weighted by Crippen LogP contribution is 2.36. The molecular formula is C24H25F3N4O3. The highest BCUT2D eigenvalue weighted by molar-refractivity contribution is 5.94. The maximum absolute atomic E-state index is 13.2. The molecule has 2 aromatic carbocycles. The third kappa shape index (κ3) is 5.67. The Morgan fingerprint density at radius 3 is 2.56 bits per heavy atom. The lowest BCUT2D eigenvalue weighted by Crippen LogP contribution is -2.22. The Morgan fingerprint density at radius 1 is 1.15 bits per heavy atom. The lowest BCUT2D eigenvalue weighted by atomic mass is 10.1. The summed E-state index contributed by atoms with van der Waals surface area (Å²) in [4.78, 5) is 18.9. The summed E-state index contributed by atoms with van der Waals surface area (Å²) < 4.78 is 50.3. The number of carbonyl (C=O) groups excluding carboxylic acids is 1. The van der Waals surface area contributed by atoms with Gasteiger partial charge in [-0.3, -0.25) is 4.79 Å². The zero-order valence-electron chi connectivity index (χ0n) is 18.7. The molecule has 1 amide bonds. The van der Waals surface area contributed by atoms with E-state index in [0.29, 0.717) is 18.1 Å². The van der Waals surface area contributed by atoms with Gasteiger partial charge in [0.25, 0.3) is 0 Å². The van der Waals surface area contributed by atoms with Gasteiger partial charge in [-0.15, -0.1) is 0 Å². The molecule has 0 unspecified atom stereocenters. The van der Waals surface area contributed by atoms with Gasteiger partial charge in [0.15, 0.2) is 0 Å². The predicted octanol–water partition coefficient (Wildman–Crippen LogP) is 5.33. The number of nitrogens with one attached hydrogen (secondary N) is 1. The minimum absolute atomic E-state index is 0.0133. The Labute approximate surface area is 194 Å². The first-order valence-electron chi connectivity index (χ1n) is 11.2. The van der Waals surface area contributed by atoms with Crippen LogP contribution in [0.1, 0.15) is 37.6 Å². The molecule has 0 saturated carbocycles. The van der Waals surface area contributed by atoms with Gasteiger partial charge in [-0.25, -0.2) is 0 Å². The summed E-state index contributed by atoms with van der Waals surface area (Å²) in [5, 5.41) is 6.58. The normalized spacial score (nSPS) is 13.8. The van der Waals surface area contributed by atoms with Crippen molar-refractivity contribution in [3.05, 3.63) is 53.9 Å². The van der Waals surface area contributed by atoms with E-state index in [0.717, 1.165) is 49.4 Å². The minimum atomic E-state index is -4.50. The second kappa shape index (κ2) is 10.1. The van der Waals surface area contributed by atoms with E-state index in [1.54, 1.807) is 24.3 Å². The van der Waals surface area contributed by atoms with Crippen LogP contribution in [0.2, 0.25) is 0 Å². The van der Waals surface area contributed by atoms with Crippen LogP contribution in [-0.2, 0) is 17.4 Å². The van der Waals surface area contributed by atoms with E-state index < -0.39 is 17.6 Å². The van der Waals surface area contributed by atoms with Crippen LogP contribution in [0.15, 0.2) is 47.0 Å². The van der Waals surface area contributed by atoms with Crippen molar-refractivity contribution in [1.82, 2.24) is 10.1 Å². The van der Waals surface area contributed by atoms with Crippen LogP contribution >= 0.6 is 0 Å². The van der Waals surface area contributed by atoms with E-state index in [1.807, 2.05) is 11.8 Å². The molecule has 1 aliphatic heterocycles. The number of alkyl halides is 3. The number of anilines is 2. The molecule has 0 atom stereocenters. The van der Waals surface area contributed by atoms with E-state index in [2.05, 4.69) is 15.5 Å². The Hall–Kier alpha value is -3.56. The van der Waals surface area contributed by atoms with Crippen LogP contribution in [0.25, 0.3) is 11.4 Å². The van der Waals surface area contributed by atoms with Crippen LogP contribution in [0.3, 0.4) is 0 Å². The topological polar surface area (TPSA) is 80.5 Å². The molecule has 1 fully saturated rings. The van der Waals surface area contributed by atoms with Crippen molar-refractivity contribution in [2.45, 2.75) is 38.8 Å². The predicted molar refractivity (Wildman–Crippen MR) is 121 cm³/mol. The Bertz CT molecular complexity index is 1120. The average Bonchev–Trinajstić information content (AvgIpc) is 3.50. The van der Waals surface area contributed by atoms with Gasteiger partial charge >= 0.3 is 6.18 Å². The van der Waals surface area contributed by atoms with Crippen molar-refractivity contribution in [3.8, 4) is 17.1 Å². The number of hydrogen-bond acceptors (Lipinski definition) is 6. The zero-order valence-corrected chi connectivity index (χ0v) is 18.7. The lowest BCUT2D eigenvalue weighted by molar-refractivity contribution is -0.137. The van der Waals surface area contributed by atoms with Gasteiger partial charge in [-0.2, -0.15) is 18.2 Å². The standard InChI is InChI=1S/C24H25F3N4O3/c1-2-33-18-8-5-16(6-9-18)23-29-22(34-30-23)12-11-21(32)28-19-15-17(24(25,26)27)7-10-20(19)31-13-3-4-14-31/h5-10,15H,2-4,11-14H2,1H3,(H,28,32). The SMILES string of the molecule is CCOc1ccc(-c2noc(CCC(=O)Nc3cc(C(F)(F)F)ccc3N3CCCC3)n2)cc1. The second-order valence-corrected chi connectivity index (χ2v) is 7.94. The van der Waals surface area contributed by atoms with Crippen LogP contribution in [0, 0.1) is 0 Å². The molecule has 0 radical (unpaired) electrons. The Morgan fingerprint density at radius 2 is 1.88 bits per heavy atom. The molecule has 1 aromatic heterocycles. The number of carbonyl (C=O) groups is 1. The minimum Gasteiger partial charge on any atom is -0.494 e. The first-order valence-corrected chi connectivity index (χ1v) is 11.2. The second-order valence-electron chi connectivity index (χ2n) is 7.94. The van der Waals surface area contributed by atoms with Gasteiger partial charge in [0, 0.05) is 31.5 Å². The van der Waals surface area contributed by atoms with Gasteiger partial charge in [0.05, 0.1) is 23.5 Å². The van der Waals surface area contributed by atoms with E-state index in [1.165, 1.54) is 6.07 Å². The van der Waals surface area contributed by atoms with Crippen molar-refractivity contribution in [2.24, 2.45) is 0 Å². The summed E-state index contributed by atoms with van der Waals surface area (Å²) in [6.07, 6.45) is -2.43. The van der Waals surface area contributed by atoms with Crippen molar-refractivity contribution in [3.63, 3.8) is 0 Å². The smallest absolute Gasteiger partial charge is 0.416 e. The molecule has 180 valence electrons. The Balaban J connectivity index is 1.41. The van der Waals surface area contributed by atoms with Crippen molar-refractivity contribution >= 4 is 17.3 Å². The summed E-state index contributed by atoms with van der Waals surface area (Å²) in [5.74, 6) is 0.950. The number of benzene rings is 2. The number of amides is 1. The maximum atomic E-state index is 13.2. The van der Waals surface area contributed by atoms with Gasteiger partial charge in [0.2, 0.25) is 17.6 Å². The van der Waals surface area contributed by atoms with Gasteiger partial charge in [-0.1, -0.05) is 5.16 Å². The summed E-state index contributed by atoms with van der Waals surface area (Å²) in [6.45, 7) is 3.94. The highest BCUT2D eigenvalue weighted by Gasteiger charge is 2.32. The van der Waals surface area contributed by atoms with Gasteiger partial charge < -0.3 is 19.5 Å². The first-order chi connectivity index (χ1) is 16.3. The summed E-state index contributed by atoms with van der Waals surface area (Å²) in [7, 11) is 0. The van der Waals surface area contributed by atoms with E-state index in [-0.39, 0.29) is 24.4 Å². The van der Waals surface area contributed by atoms with E-state index >= 15 is 0 Å². The molecule has 1 N–H and O–H groups in total. The summed E-state index contributed by atoms with van der Waals surface area (Å²) in [6, 6.07) is 10.7. The van der Waals surface area contributed by atoms with Crippen molar-refractivity contribution in [2.75, 3.05) is 29.9 Å². The third-order valence-corrected chi connectivity index (χ3v) is 5.50. The molecule has 4 rings (SSSR count).